The number of carbonyl (C=O) groups excluding carboxylic acids is 2. The maximum Gasteiger partial charge on any atom is 0.326 e. The van der Waals surface area contributed by atoms with E-state index in [9.17, 15) is 19.5 Å². The monoisotopic (exact) mass is 436 g/mol. The van der Waals surface area contributed by atoms with Gasteiger partial charge in [0.25, 0.3) is 5.91 Å². The first kappa shape index (κ1) is 21.8. The predicted molar refractivity (Wildman–Crippen MR) is 119 cm³/mol. The zero-order chi connectivity index (χ0) is 22.5. The molecule has 1 atom stereocenters. The van der Waals surface area contributed by atoms with Crippen molar-refractivity contribution < 1.29 is 19.5 Å². The summed E-state index contributed by atoms with van der Waals surface area (Å²) in [6.07, 6.45) is 3.23. The highest BCUT2D eigenvalue weighted by atomic mass is 16.4. The molecule has 0 saturated heterocycles. The van der Waals surface area contributed by atoms with Gasteiger partial charge in [0.1, 0.15) is 6.04 Å². The number of amides is 2. The maximum absolute atomic E-state index is 12.7. The minimum absolute atomic E-state index is 0.0653. The van der Waals surface area contributed by atoms with Gasteiger partial charge in [0, 0.05) is 18.9 Å². The fourth-order valence-electron chi connectivity index (χ4n) is 4.44. The van der Waals surface area contributed by atoms with E-state index in [2.05, 4.69) is 16.3 Å². The lowest BCUT2D eigenvalue weighted by Gasteiger charge is -2.35. The standard InChI is InChI=1S/C24H28N4O4/c29-22(25-21(24(31)32)14-16-6-2-1-3-7-16)18-12-10-17(11-13-18)15-28-23(30)19-8-4-5-9-20(19)26-27-28/h1-9,17-18,21,26-27H,10-15H2,(H,25,29)(H,31,32)/t17?,18?,21-/m1/s1. The zero-order valence-corrected chi connectivity index (χ0v) is 17.8. The summed E-state index contributed by atoms with van der Waals surface area (Å²) in [6, 6.07) is 15.7. The molecular formula is C24H28N4O4. The Kier molecular flexibility index (Phi) is 6.70. The minimum atomic E-state index is -1.03. The van der Waals surface area contributed by atoms with Gasteiger partial charge in [-0.2, -0.15) is 0 Å². The number of hydrogen-bond donors (Lipinski definition) is 4. The van der Waals surface area contributed by atoms with Crippen molar-refractivity contribution in [2.45, 2.75) is 38.1 Å². The van der Waals surface area contributed by atoms with E-state index in [0.717, 1.165) is 24.1 Å². The van der Waals surface area contributed by atoms with Crippen molar-refractivity contribution in [3.8, 4) is 0 Å². The van der Waals surface area contributed by atoms with Crippen molar-refractivity contribution >= 4 is 23.5 Å². The summed E-state index contributed by atoms with van der Waals surface area (Å²) < 4.78 is 0. The Morgan fingerprint density at radius 1 is 1.03 bits per heavy atom. The number of rotatable bonds is 7. The molecule has 8 heteroatoms. The van der Waals surface area contributed by atoms with Crippen molar-refractivity contribution in [3.05, 3.63) is 65.7 Å². The highest BCUT2D eigenvalue weighted by Gasteiger charge is 2.32. The number of nitrogens with one attached hydrogen (secondary N) is 3. The summed E-state index contributed by atoms with van der Waals surface area (Å²) in [5, 5.41) is 13.9. The van der Waals surface area contributed by atoms with Gasteiger partial charge in [0.15, 0.2) is 0 Å². The molecule has 0 radical (unpaired) electrons. The largest absolute Gasteiger partial charge is 0.480 e. The fourth-order valence-corrected chi connectivity index (χ4v) is 4.44. The normalized spacial score (nSPS) is 21.2. The van der Waals surface area contributed by atoms with Gasteiger partial charge in [-0.05, 0) is 49.3 Å². The first-order chi connectivity index (χ1) is 15.5. The second-order valence-corrected chi connectivity index (χ2v) is 8.50. The lowest BCUT2D eigenvalue weighted by Crippen LogP contribution is -2.52. The van der Waals surface area contributed by atoms with E-state index < -0.39 is 12.0 Å². The van der Waals surface area contributed by atoms with Gasteiger partial charge >= 0.3 is 5.97 Å². The molecule has 4 rings (SSSR count). The highest BCUT2D eigenvalue weighted by molar-refractivity contribution is 6.00. The third kappa shape index (κ3) is 5.08. The molecule has 2 aromatic carbocycles. The summed E-state index contributed by atoms with van der Waals surface area (Å²) in [6.45, 7) is 0.556. The second kappa shape index (κ2) is 9.82. The molecule has 8 nitrogen and oxygen atoms in total. The van der Waals surface area contributed by atoms with Gasteiger partial charge in [0.2, 0.25) is 5.91 Å². The van der Waals surface area contributed by atoms with E-state index in [-0.39, 0.29) is 30.1 Å². The van der Waals surface area contributed by atoms with Crippen molar-refractivity contribution in [2.24, 2.45) is 11.8 Å². The molecule has 4 N–H and O–H groups in total. The van der Waals surface area contributed by atoms with Crippen LogP contribution in [0, 0.1) is 11.8 Å². The molecule has 0 spiro atoms. The quantitative estimate of drug-likeness (QED) is 0.531. The zero-order valence-electron chi connectivity index (χ0n) is 17.8. The van der Waals surface area contributed by atoms with Crippen LogP contribution in [0.25, 0.3) is 0 Å². The Bertz CT molecular complexity index is 973. The van der Waals surface area contributed by atoms with Crippen molar-refractivity contribution in [3.63, 3.8) is 0 Å². The fraction of sp³-hybridized carbons (Fsp3) is 0.375. The van der Waals surface area contributed by atoms with E-state index >= 15 is 0 Å². The maximum atomic E-state index is 12.7. The topological polar surface area (TPSA) is 111 Å². The number of para-hydroxylation sites is 1. The number of anilines is 1. The molecule has 0 bridgehead atoms. The summed E-state index contributed by atoms with van der Waals surface area (Å²) >= 11 is 0. The molecule has 1 fully saturated rings. The van der Waals surface area contributed by atoms with Crippen LogP contribution in [0.15, 0.2) is 54.6 Å². The minimum Gasteiger partial charge on any atom is -0.480 e. The van der Waals surface area contributed by atoms with Crippen LogP contribution in [0.2, 0.25) is 0 Å². The number of hydrogen-bond acceptors (Lipinski definition) is 5. The van der Waals surface area contributed by atoms with E-state index in [4.69, 9.17) is 0 Å². The summed E-state index contributed by atoms with van der Waals surface area (Å²) in [5.41, 5.74) is 8.28. The van der Waals surface area contributed by atoms with Gasteiger partial charge < -0.3 is 15.8 Å². The first-order valence-electron chi connectivity index (χ1n) is 11.0. The van der Waals surface area contributed by atoms with Crippen molar-refractivity contribution in [2.75, 3.05) is 12.0 Å². The number of fused-ring (bicyclic) bond motifs is 1. The SMILES string of the molecule is O=C(N[C@H](Cc1ccccc1)C(=O)O)C1CCC(CN2NNc3ccccc3C2=O)CC1. The molecule has 32 heavy (non-hydrogen) atoms. The average molecular weight is 437 g/mol. The third-order valence-corrected chi connectivity index (χ3v) is 6.28. The molecule has 2 aromatic rings. The van der Waals surface area contributed by atoms with Crippen LogP contribution < -0.4 is 16.3 Å². The Balaban J connectivity index is 1.27. The lowest BCUT2D eigenvalue weighted by molar-refractivity contribution is -0.142. The smallest absolute Gasteiger partial charge is 0.326 e. The first-order valence-corrected chi connectivity index (χ1v) is 11.0. The molecule has 1 aliphatic heterocycles. The van der Waals surface area contributed by atoms with E-state index in [0.29, 0.717) is 24.9 Å². The number of aliphatic carboxylic acids is 1. The van der Waals surface area contributed by atoms with Crippen LogP contribution in [-0.2, 0) is 16.0 Å². The summed E-state index contributed by atoms with van der Waals surface area (Å²) in [5.74, 6) is -1.22. The highest BCUT2D eigenvalue weighted by Crippen LogP contribution is 2.30. The van der Waals surface area contributed by atoms with Gasteiger partial charge in [0.05, 0.1) is 11.3 Å². The van der Waals surface area contributed by atoms with Gasteiger partial charge in [-0.3, -0.25) is 14.6 Å². The predicted octanol–water partition coefficient (Wildman–Crippen LogP) is 2.59. The molecule has 2 aliphatic rings. The van der Waals surface area contributed by atoms with Crippen LogP contribution in [0.4, 0.5) is 5.69 Å². The molecule has 0 aromatic heterocycles. The van der Waals surface area contributed by atoms with Gasteiger partial charge in [-0.15, -0.1) is 5.53 Å². The van der Waals surface area contributed by atoms with Crippen LogP contribution in [0.3, 0.4) is 0 Å². The summed E-state index contributed by atoms with van der Waals surface area (Å²) in [7, 11) is 0. The van der Waals surface area contributed by atoms with Gasteiger partial charge in [-0.1, -0.05) is 42.5 Å². The van der Waals surface area contributed by atoms with E-state index in [1.807, 2.05) is 48.5 Å². The Morgan fingerprint density at radius 2 is 1.72 bits per heavy atom. The number of carbonyl (C=O) groups is 3. The molecule has 1 saturated carbocycles. The van der Waals surface area contributed by atoms with Crippen molar-refractivity contribution in [1.29, 1.82) is 0 Å². The van der Waals surface area contributed by atoms with Crippen LogP contribution in [-0.4, -0.2) is 40.5 Å². The number of carboxylic acids is 1. The van der Waals surface area contributed by atoms with Crippen LogP contribution in [0.5, 0.6) is 0 Å². The average Bonchev–Trinajstić information content (AvgIpc) is 2.81. The van der Waals surface area contributed by atoms with E-state index in [1.54, 1.807) is 11.1 Å². The molecule has 1 heterocycles. The van der Waals surface area contributed by atoms with Crippen LogP contribution in [0.1, 0.15) is 41.6 Å². The Morgan fingerprint density at radius 3 is 2.44 bits per heavy atom. The molecule has 1 aliphatic carbocycles. The summed E-state index contributed by atoms with van der Waals surface area (Å²) in [4.78, 5) is 37.1. The molecular weight excluding hydrogens is 408 g/mol. The number of hydrazine groups is 2. The molecule has 2 amide bonds. The van der Waals surface area contributed by atoms with Crippen LogP contribution >= 0.6 is 0 Å². The third-order valence-electron chi connectivity index (χ3n) is 6.28. The van der Waals surface area contributed by atoms with E-state index in [1.165, 1.54) is 0 Å². The molecule has 0 unspecified atom stereocenters. The van der Waals surface area contributed by atoms with Crippen molar-refractivity contribution in [1.82, 2.24) is 15.9 Å². The number of nitrogens with zero attached hydrogens (tertiary/aromatic N) is 1. The Hall–Kier alpha value is -3.39. The number of carboxylic acid groups (broad SMARTS) is 1. The number of benzene rings is 2. The second-order valence-electron chi connectivity index (χ2n) is 8.50. The molecule has 168 valence electrons. The Labute approximate surface area is 186 Å². The lowest BCUT2D eigenvalue weighted by atomic mass is 9.81. The van der Waals surface area contributed by atoms with Gasteiger partial charge in [-0.25, -0.2) is 4.79 Å².